The Morgan fingerprint density at radius 2 is 2.10 bits per heavy atom. The first-order chi connectivity index (χ1) is 9.45. The van der Waals surface area contributed by atoms with Gasteiger partial charge in [-0.15, -0.1) is 0 Å². The number of hydrogen-bond acceptors (Lipinski definition) is 3. The van der Waals surface area contributed by atoms with Crippen LogP contribution in [0.4, 0.5) is 5.69 Å². The molecule has 1 N–H and O–H groups in total. The predicted octanol–water partition coefficient (Wildman–Crippen LogP) is 2.92. The third kappa shape index (κ3) is 4.85. The third-order valence-corrected chi connectivity index (χ3v) is 3.06. The van der Waals surface area contributed by atoms with Gasteiger partial charge in [0.25, 0.3) is 5.91 Å². The van der Waals surface area contributed by atoms with E-state index in [4.69, 9.17) is 4.74 Å². The van der Waals surface area contributed by atoms with Gasteiger partial charge in [0.2, 0.25) is 0 Å². The highest BCUT2D eigenvalue weighted by Gasteiger charge is 2.14. The number of benzene rings is 1. The number of aryl methyl sites for hydroxylation is 1. The van der Waals surface area contributed by atoms with Gasteiger partial charge in [0.1, 0.15) is 0 Å². The fourth-order valence-electron chi connectivity index (χ4n) is 1.95. The van der Waals surface area contributed by atoms with Crippen LogP contribution in [0.15, 0.2) is 18.2 Å². The number of carbonyl (C=O) groups excluding carboxylic acids is 1. The summed E-state index contributed by atoms with van der Waals surface area (Å²) < 4.78 is 5.48. The topological polar surface area (TPSA) is 41.6 Å². The molecule has 0 radical (unpaired) electrons. The van der Waals surface area contributed by atoms with E-state index >= 15 is 0 Å². The molecule has 0 atom stereocenters. The van der Waals surface area contributed by atoms with E-state index in [2.05, 4.69) is 12.2 Å². The van der Waals surface area contributed by atoms with Gasteiger partial charge >= 0.3 is 0 Å². The Morgan fingerprint density at radius 3 is 2.65 bits per heavy atom. The van der Waals surface area contributed by atoms with Crippen molar-refractivity contribution in [1.82, 2.24) is 4.90 Å². The molecule has 4 heteroatoms. The molecule has 0 aromatic heterocycles. The SMILES string of the molecule is CCNc1ccc(C(=O)N(C)CCOC(C)C)c(C)c1. The van der Waals surface area contributed by atoms with Crippen LogP contribution in [0.1, 0.15) is 36.7 Å². The summed E-state index contributed by atoms with van der Waals surface area (Å²) in [6.45, 7) is 10.0. The Morgan fingerprint density at radius 1 is 1.40 bits per heavy atom. The van der Waals surface area contributed by atoms with E-state index in [0.29, 0.717) is 13.2 Å². The van der Waals surface area contributed by atoms with Gasteiger partial charge < -0.3 is 15.0 Å². The van der Waals surface area contributed by atoms with E-state index in [1.54, 1.807) is 4.90 Å². The molecule has 1 rings (SSSR count). The van der Waals surface area contributed by atoms with Crippen molar-refractivity contribution < 1.29 is 9.53 Å². The quantitative estimate of drug-likeness (QED) is 0.834. The molecule has 0 saturated carbocycles. The second kappa shape index (κ2) is 7.90. The van der Waals surface area contributed by atoms with Gasteiger partial charge in [-0.25, -0.2) is 0 Å². The average Bonchev–Trinajstić information content (AvgIpc) is 2.38. The molecule has 20 heavy (non-hydrogen) atoms. The summed E-state index contributed by atoms with van der Waals surface area (Å²) in [6, 6.07) is 5.84. The van der Waals surface area contributed by atoms with E-state index in [9.17, 15) is 4.79 Å². The maximum atomic E-state index is 12.4. The maximum Gasteiger partial charge on any atom is 0.253 e. The van der Waals surface area contributed by atoms with E-state index in [0.717, 1.165) is 23.4 Å². The lowest BCUT2D eigenvalue weighted by atomic mass is 10.1. The van der Waals surface area contributed by atoms with Gasteiger partial charge in [0, 0.05) is 31.4 Å². The minimum atomic E-state index is 0.0397. The number of hydrogen-bond donors (Lipinski definition) is 1. The van der Waals surface area contributed by atoms with Crippen LogP contribution in [-0.2, 0) is 4.74 Å². The van der Waals surface area contributed by atoms with Crippen LogP contribution in [0.3, 0.4) is 0 Å². The van der Waals surface area contributed by atoms with E-state index in [1.165, 1.54) is 0 Å². The minimum absolute atomic E-state index is 0.0397. The first-order valence-corrected chi connectivity index (χ1v) is 7.17. The van der Waals surface area contributed by atoms with E-state index in [1.807, 2.05) is 46.0 Å². The minimum Gasteiger partial charge on any atom is -0.385 e. The molecule has 0 bridgehead atoms. The highest BCUT2D eigenvalue weighted by atomic mass is 16.5. The molecule has 112 valence electrons. The van der Waals surface area contributed by atoms with Crippen LogP contribution < -0.4 is 5.32 Å². The van der Waals surface area contributed by atoms with Crippen molar-refractivity contribution in [3.63, 3.8) is 0 Å². The Labute approximate surface area is 122 Å². The van der Waals surface area contributed by atoms with Gasteiger partial charge in [0.15, 0.2) is 0 Å². The molecular weight excluding hydrogens is 252 g/mol. The first-order valence-electron chi connectivity index (χ1n) is 7.17. The molecule has 4 nitrogen and oxygen atoms in total. The number of amides is 1. The van der Waals surface area contributed by atoms with Gasteiger partial charge in [-0.3, -0.25) is 4.79 Å². The van der Waals surface area contributed by atoms with Gasteiger partial charge in [0.05, 0.1) is 12.7 Å². The van der Waals surface area contributed by atoms with Crippen LogP contribution in [-0.4, -0.2) is 43.7 Å². The Kier molecular flexibility index (Phi) is 6.52. The van der Waals surface area contributed by atoms with Crippen molar-refractivity contribution >= 4 is 11.6 Å². The van der Waals surface area contributed by atoms with Crippen LogP contribution in [0.2, 0.25) is 0 Å². The molecule has 0 heterocycles. The molecule has 0 spiro atoms. The molecule has 1 aromatic carbocycles. The molecule has 1 amide bonds. The van der Waals surface area contributed by atoms with Crippen LogP contribution in [0.5, 0.6) is 0 Å². The summed E-state index contributed by atoms with van der Waals surface area (Å²) in [6.07, 6.45) is 0.194. The summed E-state index contributed by atoms with van der Waals surface area (Å²) in [5, 5.41) is 3.25. The highest BCUT2D eigenvalue weighted by Crippen LogP contribution is 2.16. The Balaban J connectivity index is 2.66. The van der Waals surface area contributed by atoms with E-state index < -0.39 is 0 Å². The zero-order valence-corrected chi connectivity index (χ0v) is 13.2. The van der Waals surface area contributed by atoms with Crippen molar-refractivity contribution in [3.05, 3.63) is 29.3 Å². The van der Waals surface area contributed by atoms with E-state index in [-0.39, 0.29) is 12.0 Å². The third-order valence-electron chi connectivity index (χ3n) is 3.06. The first kappa shape index (κ1) is 16.5. The fourth-order valence-corrected chi connectivity index (χ4v) is 1.95. The normalized spacial score (nSPS) is 10.7. The summed E-state index contributed by atoms with van der Waals surface area (Å²) in [7, 11) is 1.81. The lowest BCUT2D eigenvalue weighted by Crippen LogP contribution is -2.31. The van der Waals surface area contributed by atoms with Gasteiger partial charge in [-0.05, 0) is 51.5 Å². The zero-order valence-electron chi connectivity index (χ0n) is 13.2. The number of rotatable bonds is 7. The lowest BCUT2D eigenvalue weighted by molar-refractivity contribution is 0.0531. The van der Waals surface area contributed by atoms with Crippen LogP contribution >= 0.6 is 0 Å². The highest BCUT2D eigenvalue weighted by molar-refractivity contribution is 5.95. The number of ether oxygens (including phenoxy) is 1. The summed E-state index contributed by atoms with van der Waals surface area (Å²) >= 11 is 0. The summed E-state index contributed by atoms with van der Waals surface area (Å²) in [4.78, 5) is 14.1. The molecule has 0 aliphatic carbocycles. The second-order valence-corrected chi connectivity index (χ2v) is 5.21. The smallest absolute Gasteiger partial charge is 0.253 e. The van der Waals surface area contributed by atoms with Crippen molar-refractivity contribution in [2.45, 2.75) is 33.8 Å². The van der Waals surface area contributed by atoms with Crippen molar-refractivity contribution in [1.29, 1.82) is 0 Å². The Hall–Kier alpha value is -1.55. The van der Waals surface area contributed by atoms with Crippen molar-refractivity contribution in [2.24, 2.45) is 0 Å². The largest absolute Gasteiger partial charge is 0.385 e. The predicted molar refractivity (Wildman–Crippen MR) is 83.4 cm³/mol. The molecule has 0 fully saturated rings. The number of anilines is 1. The molecule has 0 unspecified atom stereocenters. The fraction of sp³-hybridized carbons (Fsp3) is 0.562. The van der Waals surface area contributed by atoms with Gasteiger partial charge in [-0.2, -0.15) is 0 Å². The molecule has 0 aliphatic heterocycles. The van der Waals surface area contributed by atoms with Crippen LogP contribution in [0, 0.1) is 6.92 Å². The van der Waals surface area contributed by atoms with Crippen molar-refractivity contribution in [3.8, 4) is 0 Å². The summed E-state index contributed by atoms with van der Waals surface area (Å²) in [5.41, 5.74) is 2.79. The average molecular weight is 278 g/mol. The number of nitrogens with one attached hydrogen (secondary N) is 1. The zero-order chi connectivity index (χ0) is 15.1. The second-order valence-electron chi connectivity index (χ2n) is 5.21. The monoisotopic (exact) mass is 278 g/mol. The van der Waals surface area contributed by atoms with Gasteiger partial charge in [-0.1, -0.05) is 0 Å². The molecule has 0 saturated heterocycles. The molecular formula is C16H26N2O2. The Bertz CT molecular complexity index is 444. The standard InChI is InChI=1S/C16H26N2O2/c1-6-17-14-7-8-15(13(4)11-14)16(19)18(5)9-10-20-12(2)3/h7-8,11-12,17H,6,9-10H2,1-5H3. The lowest BCUT2D eigenvalue weighted by Gasteiger charge is -2.19. The van der Waals surface area contributed by atoms with Crippen molar-refractivity contribution in [2.75, 3.05) is 32.1 Å². The molecule has 1 aromatic rings. The summed E-state index contributed by atoms with van der Waals surface area (Å²) in [5.74, 6) is 0.0397. The molecule has 0 aliphatic rings. The van der Waals surface area contributed by atoms with Crippen LogP contribution in [0.25, 0.3) is 0 Å². The number of carbonyl (C=O) groups is 1. The number of nitrogens with zero attached hydrogens (tertiary/aromatic N) is 1. The maximum absolute atomic E-state index is 12.4. The number of likely N-dealkylation sites (N-methyl/N-ethyl adjacent to an activating group) is 1.